The van der Waals surface area contributed by atoms with Crippen molar-refractivity contribution >= 4 is 23.2 Å². The number of halogens is 1. The number of hydrogen-bond donors (Lipinski definition) is 2. The average molecular weight is 272 g/mol. The molecule has 0 aliphatic rings. The predicted molar refractivity (Wildman–Crippen MR) is 72.8 cm³/mol. The van der Waals surface area contributed by atoms with Crippen molar-refractivity contribution in [2.45, 2.75) is 32.2 Å². The summed E-state index contributed by atoms with van der Waals surface area (Å²) in [6, 6.07) is 1.42. The number of pyridine rings is 1. The quantitative estimate of drug-likeness (QED) is 0.871. The molecule has 6 heteroatoms. The third-order valence-corrected chi connectivity index (χ3v) is 2.96. The summed E-state index contributed by atoms with van der Waals surface area (Å²) < 4.78 is 1.31. The predicted octanol–water partition coefficient (Wildman–Crippen LogP) is 1.49. The molecule has 0 saturated heterocycles. The van der Waals surface area contributed by atoms with Gasteiger partial charge in [-0.1, -0.05) is 24.9 Å². The number of nitrogens with zero attached hydrogens (tertiary/aromatic N) is 1. The van der Waals surface area contributed by atoms with E-state index in [1.807, 2.05) is 6.92 Å². The fourth-order valence-electron chi connectivity index (χ4n) is 1.65. The molecule has 0 bridgehead atoms. The van der Waals surface area contributed by atoms with Gasteiger partial charge in [-0.2, -0.15) is 0 Å². The summed E-state index contributed by atoms with van der Waals surface area (Å²) in [6.45, 7) is 3.64. The molecule has 0 aliphatic heterocycles. The van der Waals surface area contributed by atoms with Crippen molar-refractivity contribution in [3.05, 3.63) is 27.6 Å². The van der Waals surface area contributed by atoms with Crippen LogP contribution in [0.2, 0.25) is 5.02 Å². The zero-order chi connectivity index (χ0) is 13.9. The van der Waals surface area contributed by atoms with Crippen LogP contribution in [0.4, 0.5) is 5.69 Å². The lowest BCUT2D eigenvalue weighted by Crippen LogP contribution is -2.48. The van der Waals surface area contributed by atoms with Crippen LogP contribution in [-0.2, 0) is 11.8 Å². The van der Waals surface area contributed by atoms with Crippen LogP contribution in [0, 0.1) is 0 Å². The lowest BCUT2D eigenvalue weighted by atomic mass is 9.96. The number of aromatic nitrogens is 1. The van der Waals surface area contributed by atoms with Crippen molar-refractivity contribution in [2.75, 3.05) is 5.32 Å². The number of nitrogens with one attached hydrogen (secondary N) is 1. The van der Waals surface area contributed by atoms with Gasteiger partial charge < -0.3 is 15.6 Å². The van der Waals surface area contributed by atoms with Gasteiger partial charge in [-0.15, -0.1) is 0 Å². The maximum Gasteiger partial charge on any atom is 0.269 e. The molecule has 0 aliphatic carbocycles. The van der Waals surface area contributed by atoms with E-state index in [0.717, 1.165) is 6.42 Å². The van der Waals surface area contributed by atoms with Crippen molar-refractivity contribution in [1.82, 2.24) is 4.57 Å². The summed E-state index contributed by atoms with van der Waals surface area (Å²) in [7, 11) is 1.57. The van der Waals surface area contributed by atoms with E-state index in [4.69, 9.17) is 17.3 Å². The molecule has 0 saturated carbocycles. The number of carbonyl (C=O) groups excluding carboxylic acids is 1. The minimum atomic E-state index is -0.935. The summed E-state index contributed by atoms with van der Waals surface area (Å²) in [6.07, 6.45) is 2.90. The molecule has 0 aromatic carbocycles. The van der Waals surface area contributed by atoms with E-state index in [1.54, 1.807) is 14.0 Å². The molecule has 1 aromatic heterocycles. The Morgan fingerprint density at radius 3 is 2.72 bits per heavy atom. The third-order valence-electron chi connectivity index (χ3n) is 2.69. The zero-order valence-electron chi connectivity index (χ0n) is 10.8. The van der Waals surface area contributed by atoms with Gasteiger partial charge in [0.25, 0.3) is 5.56 Å². The van der Waals surface area contributed by atoms with Crippen molar-refractivity contribution in [3.8, 4) is 0 Å². The normalized spacial score (nSPS) is 14.1. The number of anilines is 1. The summed E-state index contributed by atoms with van der Waals surface area (Å²) in [5.41, 5.74) is 5.13. The number of rotatable bonds is 4. The van der Waals surface area contributed by atoms with Crippen molar-refractivity contribution in [3.63, 3.8) is 0 Å². The van der Waals surface area contributed by atoms with Crippen LogP contribution in [0.1, 0.15) is 26.7 Å². The number of aryl methyl sites for hydroxylation is 1. The van der Waals surface area contributed by atoms with E-state index in [1.165, 1.54) is 16.8 Å². The lowest BCUT2D eigenvalue weighted by molar-refractivity contribution is -0.120. The summed E-state index contributed by atoms with van der Waals surface area (Å²) in [4.78, 5) is 23.4. The molecule has 1 amide bonds. The Hall–Kier alpha value is -1.33. The fourth-order valence-corrected chi connectivity index (χ4v) is 1.90. The smallest absolute Gasteiger partial charge is 0.269 e. The second-order valence-electron chi connectivity index (χ2n) is 4.61. The number of nitrogens with two attached hydrogens (primary N) is 1. The van der Waals surface area contributed by atoms with Crippen molar-refractivity contribution in [2.24, 2.45) is 12.8 Å². The van der Waals surface area contributed by atoms with Gasteiger partial charge in [-0.3, -0.25) is 9.59 Å². The van der Waals surface area contributed by atoms with Gasteiger partial charge >= 0.3 is 0 Å². The van der Waals surface area contributed by atoms with Crippen LogP contribution in [0.15, 0.2) is 17.1 Å². The molecule has 100 valence electrons. The zero-order valence-corrected chi connectivity index (χ0v) is 11.5. The van der Waals surface area contributed by atoms with Gasteiger partial charge in [0.15, 0.2) is 0 Å². The molecule has 5 nitrogen and oxygen atoms in total. The van der Waals surface area contributed by atoms with Gasteiger partial charge in [-0.05, 0) is 19.4 Å². The number of hydrogen-bond acceptors (Lipinski definition) is 3. The Labute approximate surface area is 111 Å². The van der Waals surface area contributed by atoms with Gasteiger partial charge in [0, 0.05) is 13.2 Å². The van der Waals surface area contributed by atoms with E-state index in [0.29, 0.717) is 12.1 Å². The van der Waals surface area contributed by atoms with Gasteiger partial charge in [0.1, 0.15) is 5.02 Å². The molecule has 0 fully saturated rings. The third kappa shape index (κ3) is 3.34. The lowest BCUT2D eigenvalue weighted by Gasteiger charge is -2.23. The van der Waals surface area contributed by atoms with E-state index in [2.05, 4.69) is 5.32 Å². The Balaban J connectivity index is 2.92. The highest BCUT2D eigenvalue weighted by molar-refractivity contribution is 6.30. The Bertz CT molecular complexity index is 482. The second-order valence-corrected chi connectivity index (χ2v) is 5.02. The van der Waals surface area contributed by atoms with Crippen LogP contribution >= 0.6 is 11.6 Å². The molecule has 1 aromatic rings. The minimum Gasteiger partial charge on any atom is -0.323 e. The maximum atomic E-state index is 12.0. The van der Waals surface area contributed by atoms with Crippen LogP contribution in [0.3, 0.4) is 0 Å². The Kier molecular flexibility index (Phi) is 4.53. The molecule has 1 atom stereocenters. The first-order valence-corrected chi connectivity index (χ1v) is 6.12. The van der Waals surface area contributed by atoms with Crippen LogP contribution < -0.4 is 16.6 Å². The fraction of sp³-hybridized carbons (Fsp3) is 0.500. The molecule has 1 unspecified atom stereocenters. The molecule has 1 rings (SSSR count). The summed E-state index contributed by atoms with van der Waals surface area (Å²) in [5.74, 6) is -0.293. The minimum absolute atomic E-state index is 0.0597. The molecular formula is C12H18ClN3O2. The molecule has 1 heterocycles. The van der Waals surface area contributed by atoms with E-state index < -0.39 is 5.54 Å². The number of amides is 1. The SMILES string of the molecule is CCCC(C)(N)C(=O)Nc1cc(Cl)c(=O)n(C)c1. The van der Waals surface area contributed by atoms with Gasteiger partial charge in [0.05, 0.1) is 11.2 Å². The number of carbonyl (C=O) groups is 1. The van der Waals surface area contributed by atoms with Crippen molar-refractivity contribution in [1.29, 1.82) is 0 Å². The van der Waals surface area contributed by atoms with Gasteiger partial charge in [-0.25, -0.2) is 0 Å². The highest BCUT2D eigenvalue weighted by atomic mass is 35.5. The van der Waals surface area contributed by atoms with Crippen LogP contribution in [0.25, 0.3) is 0 Å². The van der Waals surface area contributed by atoms with Crippen molar-refractivity contribution < 1.29 is 4.79 Å². The Morgan fingerprint density at radius 1 is 1.61 bits per heavy atom. The maximum absolute atomic E-state index is 12.0. The standard InChI is InChI=1S/C12H18ClN3O2/c1-4-5-12(2,14)11(18)15-8-6-9(13)10(17)16(3)7-8/h6-7H,4-5,14H2,1-3H3,(H,15,18). The average Bonchev–Trinajstić information content (AvgIpc) is 2.25. The van der Waals surface area contributed by atoms with E-state index in [9.17, 15) is 9.59 Å². The second kappa shape index (κ2) is 5.54. The van der Waals surface area contributed by atoms with Crippen LogP contribution in [-0.4, -0.2) is 16.0 Å². The molecule has 18 heavy (non-hydrogen) atoms. The summed E-state index contributed by atoms with van der Waals surface area (Å²) >= 11 is 5.76. The van der Waals surface area contributed by atoms with E-state index in [-0.39, 0.29) is 16.5 Å². The summed E-state index contributed by atoms with van der Waals surface area (Å²) in [5, 5.41) is 2.73. The first-order chi connectivity index (χ1) is 8.27. The molecular weight excluding hydrogens is 254 g/mol. The highest BCUT2D eigenvalue weighted by Crippen LogP contribution is 2.15. The van der Waals surface area contributed by atoms with Gasteiger partial charge in [0.2, 0.25) is 5.91 Å². The topological polar surface area (TPSA) is 77.1 Å². The first kappa shape index (κ1) is 14.7. The first-order valence-electron chi connectivity index (χ1n) is 5.74. The largest absolute Gasteiger partial charge is 0.323 e. The van der Waals surface area contributed by atoms with Crippen LogP contribution in [0.5, 0.6) is 0 Å². The van der Waals surface area contributed by atoms with E-state index >= 15 is 0 Å². The Morgan fingerprint density at radius 2 is 2.22 bits per heavy atom. The molecule has 3 N–H and O–H groups in total. The highest BCUT2D eigenvalue weighted by Gasteiger charge is 2.27. The molecule has 0 radical (unpaired) electrons. The monoisotopic (exact) mass is 271 g/mol. The molecule has 0 spiro atoms.